The standard InChI is InChI=1S/C13H13BrN2O3/c1-18-13(17)11-6-16(9-2-3-19-7-9)12-10(11)4-8(14)5-15-12/h4-6,9H,2-3,7H2,1H3. The predicted octanol–water partition coefficient (Wildman–Crippen LogP) is 2.55. The van der Waals surface area contributed by atoms with Crippen LogP contribution in [0.25, 0.3) is 11.0 Å². The number of hydrogen-bond donors (Lipinski definition) is 0. The number of fused-ring (bicyclic) bond motifs is 1. The highest BCUT2D eigenvalue weighted by molar-refractivity contribution is 9.10. The summed E-state index contributed by atoms with van der Waals surface area (Å²) in [5.41, 5.74) is 1.33. The van der Waals surface area contributed by atoms with E-state index in [1.807, 2.05) is 16.8 Å². The summed E-state index contributed by atoms with van der Waals surface area (Å²) in [5.74, 6) is -0.345. The Hall–Kier alpha value is -1.40. The minimum atomic E-state index is -0.345. The molecule has 2 aromatic heterocycles. The Morgan fingerprint density at radius 3 is 3.16 bits per heavy atom. The molecule has 0 radical (unpaired) electrons. The number of halogens is 1. The average Bonchev–Trinajstić information content (AvgIpc) is 3.03. The molecule has 0 saturated carbocycles. The van der Waals surface area contributed by atoms with Crippen LogP contribution in [0.4, 0.5) is 0 Å². The van der Waals surface area contributed by atoms with E-state index in [1.54, 1.807) is 6.20 Å². The van der Waals surface area contributed by atoms with E-state index in [9.17, 15) is 4.79 Å². The molecule has 1 aliphatic heterocycles. The fraction of sp³-hybridized carbons (Fsp3) is 0.385. The van der Waals surface area contributed by atoms with Gasteiger partial charge in [0.1, 0.15) is 5.65 Å². The second-order valence-corrected chi connectivity index (χ2v) is 5.40. The SMILES string of the molecule is COC(=O)c1cn(C2CCOC2)c2ncc(Br)cc12. The monoisotopic (exact) mass is 324 g/mol. The molecule has 0 N–H and O–H groups in total. The lowest BCUT2D eigenvalue weighted by molar-refractivity contribution is 0.0602. The highest BCUT2D eigenvalue weighted by Gasteiger charge is 2.24. The molecule has 1 aliphatic rings. The Labute approximate surface area is 118 Å². The molecule has 0 aromatic carbocycles. The fourth-order valence-electron chi connectivity index (χ4n) is 2.40. The molecule has 2 aromatic rings. The van der Waals surface area contributed by atoms with Crippen LogP contribution >= 0.6 is 15.9 Å². The van der Waals surface area contributed by atoms with Crippen LogP contribution in [0.3, 0.4) is 0 Å². The van der Waals surface area contributed by atoms with Crippen LogP contribution in [0.2, 0.25) is 0 Å². The molecule has 19 heavy (non-hydrogen) atoms. The quantitative estimate of drug-likeness (QED) is 0.797. The van der Waals surface area contributed by atoms with Crippen LogP contribution in [0.5, 0.6) is 0 Å². The van der Waals surface area contributed by atoms with Gasteiger partial charge in [-0.2, -0.15) is 0 Å². The van der Waals surface area contributed by atoms with Crippen LogP contribution < -0.4 is 0 Å². The van der Waals surface area contributed by atoms with Crippen molar-refractivity contribution in [2.75, 3.05) is 20.3 Å². The summed E-state index contributed by atoms with van der Waals surface area (Å²) in [6, 6.07) is 2.12. The van der Waals surface area contributed by atoms with Gasteiger partial charge in [0.05, 0.1) is 25.3 Å². The van der Waals surface area contributed by atoms with Gasteiger partial charge in [0.2, 0.25) is 0 Å². The van der Waals surface area contributed by atoms with Gasteiger partial charge in [0, 0.05) is 28.9 Å². The predicted molar refractivity (Wildman–Crippen MR) is 73.2 cm³/mol. The molecule has 1 fully saturated rings. The first-order chi connectivity index (χ1) is 9.20. The number of ether oxygens (including phenoxy) is 2. The van der Waals surface area contributed by atoms with Gasteiger partial charge in [-0.05, 0) is 28.4 Å². The van der Waals surface area contributed by atoms with E-state index < -0.39 is 0 Å². The Morgan fingerprint density at radius 1 is 1.63 bits per heavy atom. The van der Waals surface area contributed by atoms with Crippen molar-refractivity contribution in [2.24, 2.45) is 0 Å². The summed E-state index contributed by atoms with van der Waals surface area (Å²) >= 11 is 3.38. The zero-order valence-electron chi connectivity index (χ0n) is 10.4. The molecule has 1 saturated heterocycles. The van der Waals surface area contributed by atoms with Crippen LogP contribution in [-0.4, -0.2) is 35.8 Å². The maximum Gasteiger partial charge on any atom is 0.340 e. The summed E-state index contributed by atoms with van der Waals surface area (Å²) in [6.07, 6.45) is 4.48. The zero-order valence-corrected chi connectivity index (χ0v) is 12.0. The molecule has 1 atom stereocenters. The van der Waals surface area contributed by atoms with Gasteiger partial charge in [-0.25, -0.2) is 9.78 Å². The van der Waals surface area contributed by atoms with E-state index >= 15 is 0 Å². The molecule has 1 unspecified atom stereocenters. The lowest BCUT2D eigenvalue weighted by Gasteiger charge is -2.10. The van der Waals surface area contributed by atoms with Gasteiger partial charge in [-0.3, -0.25) is 0 Å². The maximum atomic E-state index is 11.9. The summed E-state index contributed by atoms with van der Waals surface area (Å²) in [7, 11) is 1.38. The number of carbonyl (C=O) groups is 1. The molecule has 5 nitrogen and oxygen atoms in total. The van der Waals surface area contributed by atoms with Crippen molar-refractivity contribution >= 4 is 32.9 Å². The van der Waals surface area contributed by atoms with Gasteiger partial charge in [0.25, 0.3) is 0 Å². The molecule has 0 amide bonds. The van der Waals surface area contributed by atoms with Crippen molar-refractivity contribution in [2.45, 2.75) is 12.5 Å². The van der Waals surface area contributed by atoms with Gasteiger partial charge in [0.15, 0.2) is 0 Å². The summed E-state index contributed by atoms with van der Waals surface area (Å²) in [5, 5.41) is 0.799. The number of aromatic nitrogens is 2. The number of rotatable bonds is 2. The van der Waals surface area contributed by atoms with Crippen LogP contribution in [0, 0.1) is 0 Å². The van der Waals surface area contributed by atoms with E-state index in [4.69, 9.17) is 9.47 Å². The van der Waals surface area contributed by atoms with E-state index in [1.165, 1.54) is 7.11 Å². The zero-order chi connectivity index (χ0) is 13.4. The molecule has 0 aliphatic carbocycles. The molecule has 6 heteroatoms. The van der Waals surface area contributed by atoms with Gasteiger partial charge in [-0.1, -0.05) is 0 Å². The van der Waals surface area contributed by atoms with Crippen LogP contribution in [-0.2, 0) is 9.47 Å². The second kappa shape index (κ2) is 4.94. The first-order valence-electron chi connectivity index (χ1n) is 6.03. The first-order valence-corrected chi connectivity index (χ1v) is 6.82. The lowest BCUT2D eigenvalue weighted by Crippen LogP contribution is -2.08. The van der Waals surface area contributed by atoms with E-state index in [0.29, 0.717) is 12.2 Å². The van der Waals surface area contributed by atoms with Crippen molar-refractivity contribution in [1.29, 1.82) is 0 Å². The second-order valence-electron chi connectivity index (χ2n) is 4.48. The minimum Gasteiger partial charge on any atom is -0.465 e. The normalized spacial score (nSPS) is 18.9. The van der Waals surface area contributed by atoms with Crippen molar-refractivity contribution < 1.29 is 14.3 Å². The number of esters is 1. The molecule has 3 heterocycles. The van der Waals surface area contributed by atoms with E-state index in [-0.39, 0.29) is 12.0 Å². The van der Waals surface area contributed by atoms with Crippen molar-refractivity contribution in [1.82, 2.24) is 9.55 Å². The first kappa shape index (κ1) is 12.6. The summed E-state index contributed by atoms with van der Waals surface area (Å²) < 4.78 is 13.1. The summed E-state index contributed by atoms with van der Waals surface area (Å²) in [4.78, 5) is 16.3. The largest absolute Gasteiger partial charge is 0.465 e. The number of pyridine rings is 1. The highest BCUT2D eigenvalue weighted by Crippen LogP contribution is 2.29. The molecule has 100 valence electrons. The smallest absolute Gasteiger partial charge is 0.340 e. The van der Waals surface area contributed by atoms with Crippen molar-refractivity contribution in [3.05, 3.63) is 28.5 Å². The van der Waals surface area contributed by atoms with Gasteiger partial charge in [-0.15, -0.1) is 0 Å². The third kappa shape index (κ3) is 2.15. The summed E-state index contributed by atoms with van der Waals surface area (Å²) in [6.45, 7) is 1.40. The van der Waals surface area contributed by atoms with Crippen molar-refractivity contribution in [3.63, 3.8) is 0 Å². The Morgan fingerprint density at radius 2 is 2.47 bits per heavy atom. The lowest BCUT2D eigenvalue weighted by atomic mass is 10.2. The topological polar surface area (TPSA) is 53.4 Å². The Kier molecular flexibility index (Phi) is 3.28. The van der Waals surface area contributed by atoms with E-state index in [0.717, 1.165) is 28.5 Å². The molecule has 0 spiro atoms. The maximum absolute atomic E-state index is 11.9. The van der Waals surface area contributed by atoms with Crippen LogP contribution in [0.15, 0.2) is 22.9 Å². The minimum absolute atomic E-state index is 0.231. The average molecular weight is 325 g/mol. The van der Waals surface area contributed by atoms with Gasteiger partial charge >= 0.3 is 5.97 Å². The Balaban J connectivity index is 2.19. The van der Waals surface area contributed by atoms with Gasteiger partial charge < -0.3 is 14.0 Å². The number of carbonyl (C=O) groups excluding carboxylic acids is 1. The molecule has 0 bridgehead atoms. The number of nitrogens with zero attached hydrogens (tertiary/aromatic N) is 2. The number of methoxy groups -OCH3 is 1. The molecule has 3 rings (SSSR count). The van der Waals surface area contributed by atoms with Crippen LogP contribution in [0.1, 0.15) is 22.8 Å². The third-order valence-electron chi connectivity index (χ3n) is 3.34. The van der Waals surface area contributed by atoms with Crippen molar-refractivity contribution in [3.8, 4) is 0 Å². The fourth-order valence-corrected chi connectivity index (χ4v) is 2.73. The van der Waals surface area contributed by atoms with E-state index in [2.05, 4.69) is 20.9 Å². The molecular weight excluding hydrogens is 312 g/mol. The Bertz CT molecular complexity index is 632. The third-order valence-corrected chi connectivity index (χ3v) is 3.77. The highest BCUT2D eigenvalue weighted by atomic mass is 79.9. The molecular formula is C13H13BrN2O3. The number of hydrogen-bond acceptors (Lipinski definition) is 4.